The Morgan fingerprint density at radius 3 is 3.17 bits per heavy atom. The van der Waals surface area contributed by atoms with Crippen LogP contribution in [0.15, 0.2) is 41.4 Å². The van der Waals surface area contributed by atoms with Crippen LogP contribution >= 0.6 is 11.3 Å². The third kappa shape index (κ3) is 4.28. The number of thiophene rings is 1. The number of hydrogen-bond acceptors (Lipinski definition) is 6. The zero-order valence-corrected chi connectivity index (χ0v) is 13.7. The number of aromatic nitrogens is 1. The normalized spacial score (nSPS) is 21.8. The van der Waals surface area contributed by atoms with E-state index in [4.69, 9.17) is 4.74 Å². The zero-order valence-electron chi connectivity index (χ0n) is 12.9. The minimum atomic E-state index is -0.231. The minimum Gasteiger partial charge on any atom is -0.487 e. The summed E-state index contributed by atoms with van der Waals surface area (Å²) in [6, 6.07) is 5.69. The summed E-state index contributed by atoms with van der Waals surface area (Å²) in [5, 5.41) is 7.07. The first kappa shape index (κ1) is 15.9. The van der Waals surface area contributed by atoms with E-state index < -0.39 is 0 Å². The Morgan fingerprint density at radius 1 is 1.52 bits per heavy atom. The second kappa shape index (κ2) is 7.54. The molecule has 1 saturated heterocycles. The zero-order chi connectivity index (χ0) is 16.1. The van der Waals surface area contributed by atoms with Crippen molar-refractivity contribution in [1.82, 2.24) is 21.2 Å². The quantitative estimate of drug-likeness (QED) is 0.750. The van der Waals surface area contributed by atoms with Crippen molar-refractivity contribution in [1.29, 1.82) is 0 Å². The summed E-state index contributed by atoms with van der Waals surface area (Å²) >= 11 is 1.66. The highest BCUT2D eigenvalue weighted by Crippen LogP contribution is 2.24. The molecule has 0 radical (unpaired) electrons. The summed E-state index contributed by atoms with van der Waals surface area (Å²) < 4.78 is 5.70. The molecular weight excluding hydrogens is 312 g/mol. The first-order valence-electron chi connectivity index (χ1n) is 7.60. The average molecular weight is 332 g/mol. The Hall–Kier alpha value is -1.96. The fraction of sp³-hybridized carbons (Fsp3) is 0.375. The highest BCUT2D eigenvalue weighted by Gasteiger charge is 2.30. The third-order valence-electron chi connectivity index (χ3n) is 3.70. The number of carbonyl (C=O) groups is 1. The standard InChI is InChI=1S/C16H20N4O2S/c1-11(22-13-3-2-5-17-9-13)8-18-16(21)15-7-14(19-20-15)12-4-6-23-10-12/h2-6,9-11,14-15,19-20H,7-8H2,1H3,(H,18,21). The number of ether oxygens (including phenoxy) is 1. The minimum absolute atomic E-state index is 0.0168. The van der Waals surface area contributed by atoms with E-state index in [1.54, 1.807) is 23.7 Å². The van der Waals surface area contributed by atoms with Crippen LogP contribution < -0.4 is 20.9 Å². The van der Waals surface area contributed by atoms with Crippen LogP contribution in [0.2, 0.25) is 0 Å². The van der Waals surface area contributed by atoms with E-state index in [1.807, 2.05) is 24.4 Å². The SMILES string of the molecule is CC(CNC(=O)C1CC(c2ccsc2)NN1)Oc1cccnc1. The Labute approximate surface area is 139 Å². The number of pyridine rings is 1. The van der Waals surface area contributed by atoms with Gasteiger partial charge in [-0.3, -0.25) is 9.78 Å². The topological polar surface area (TPSA) is 75.3 Å². The van der Waals surface area contributed by atoms with Crippen LogP contribution in [-0.2, 0) is 4.79 Å². The van der Waals surface area contributed by atoms with E-state index in [0.29, 0.717) is 12.3 Å². The first-order chi connectivity index (χ1) is 11.2. The molecule has 2 aromatic heterocycles. The van der Waals surface area contributed by atoms with Gasteiger partial charge in [0.2, 0.25) is 5.91 Å². The van der Waals surface area contributed by atoms with Crippen LogP contribution in [0.1, 0.15) is 24.9 Å². The van der Waals surface area contributed by atoms with Crippen LogP contribution in [-0.4, -0.2) is 29.6 Å². The van der Waals surface area contributed by atoms with Crippen LogP contribution in [0, 0.1) is 0 Å². The molecule has 122 valence electrons. The highest BCUT2D eigenvalue weighted by atomic mass is 32.1. The van der Waals surface area contributed by atoms with Gasteiger partial charge < -0.3 is 10.1 Å². The summed E-state index contributed by atoms with van der Waals surface area (Å²) in [4.78, 5) is 16.2. The van der Waals surface area contributed by atoms with Crippen molar-refractivity contribution in [2.45, 2.75) is 31.5 Å². The maximum atomic E-state index is 12.2. The van der Waals surface area contributed by atoms with Crippen molar-refractivity contribution in [3.05, 3.63) is 46.9 Å². The van der Waals surface area contributed by atoms with E-state index in [-0.39, 0.29) is 24.1 Å². The lowest BCUT2D eigenvalue weighted by Crippen LogP contribution is -2.45. The molecule has 1 aliphatic heterocycles. The number of rotatable bonds is 6. The lowest BCUT2D eigenvalue weighted by Gasteiger charge is -2.16. The first-order valence-corrected chi connectivity index (χ1v) is 8.54. The summed E-state index contributed by atoms with van der Waals surface area (Å²) in [5.74, 6) is 0.685. The summed E-state index contributed by atoms with van der Waals surface area (Å²) in [6.07, 6.45) is 3.97. The Balaban J connectivity index is 1.43. The number of hydrogen-bond donors (Lipinski definition) is 3. The van der Waals surface area contributed by atoms with Gasteiger partial charge in [0.15, 0.2) is 0 Å². The average Bonchev–Trinajstić information content (AvgIpc) is 3.24. The summed E-state index contributed by atoms with van der Waals surface area (Å²) in [5.41, 5.74) is 7.45. The molecule has 0 aliphatic carbocycles. The molecule has 1 amide bonds. The van der Waals surface area contributed by atoms with Gasteiger partial charge in [-0.2, -0.15) is 11.3 Å². The van der Waals surface area contributed by atoms with E-state index >= 15 is 0 Å². The van der Waals surface area contributed by atoms with Crippen molar-refractivity contribution in [3.63, 3.8) is 0 Å². The van der Waals surface area contributed by atoms with Gasteiger partial charge in [-0.1, -0.05) is 0 Å². The van der Waals surface area contributed by atoms with Crippen LogP contribution in [0.5, 0.6) is 5.75 Å². The van der Waals surface area contributed by atoms with Crippen LogP contribution in [0.4, 0.5) is 0 Å². The maximum Gasteiger partial charge on any atom is 0.238 e. The molecule has 23 heavy (non-hydrogen) atoms. The van der Waals surface area contributed by atoms with Gasteiger partial charge in [0, 0.05) is 12.2 Å². The molecule has 3 heterocycles. The molecule has 1 fully saturated rings. The molecule has 3 N–H and O–H groups in total. The van der Waals surface area contributed by atoms with E-state index in [0.717, 1.165) is 6.42 Å². The second-order valence-corrected chi connectivity index (χ2v) is 6.33. The Kier molecular flexibility index (Phi) is 5.22. The van der Waals surface area contributed by atoms with Crippen molar-refractivity contribution in [2.24, 2.45) is 0 Å². The molecular formula is C16H20N4O2S. The summed E-state index contributed by atoms with van der Waals surface area (Å²) in [7, 11) is 0. The van der Waals surface area contributed by atoms with E-state index in [1.165, 1.54) is 5.56 Å². The predicted octanol–water partition coefficient (Wildman–Crippen LogP) is 1.63. The van der Waals surface area contributed by atoms with Gasteiger partial charge in [-0.05, 0) is 47.9 Å². The highest BCUT2D eigenvalue weighted by molar-refractivity contribution is 7.07. The summed E-state index contributed by atoms with van der Waals surface area (Å²) in [6.45, 7) is 2.37. The fourth-order valence-electron chi connectivity index (χ4n) is 2.48. The van der Waals surface area contributed by atoms with Crippen molar-refractivity contribution in [3.8, 4) is 5.75 Å². The molecule has 3 atom stereocenters. The molecule has 3 unspecified atom stereocenters. The van der Waals surface area contributed by atoms with Gasteiger partial charge in [0.25, 0.3) is 0 Å². The Morgan fingerprint density at radius 2 is 2.43 bits per heavy atom. The van der Waals surface area contributed by atoms with Gasteiger partial charge in [0.1, 0.15) is 17.9 Å². The van der Waals surface area contributed by atoms with Crippen molar-refractivity contribution >= 4 is 17.2 Å². The molecule has 0 saturated carbocycles. The predicted molar refractivity (Wildman–Crippen MR) is 89.1 cm³/mol. The molecule has 0 spiro atoms. The molecule has 2 aromatic rings. The molecule has 0 bridgehead atoms. The number of nitrogens with zero attached hydrogens (tertiary/aromatic N) is 1. The van der Waals surface area contributed by atoms with Gasteiger partial charge in [0.05, 0.1) is 12.7 Å². The van der Waals surface area contributed by atoms with Gasteiger partial charge >= 0.3 is 0 Å². The van der Waals surface area contributed by atoms with Crippen molar-refractivity contribution < 1.29 is 9.53 Å². The molecule has 3 rings (SSSR count). The third-order valence-corrected chi connectivity index (χ3v) is 4.40. The molecule has 1 aliphatic rings. The molecule has 6 nitrogen and oxygen atoms in total. The Bertz CT molecular complexity index is 620. The number of nitrogens with one attached hydrogen (secondary N) is 3. The van der Waals surface area contributed by atoms with Crippen molar-refractivity contribution in [2.75, 3.05) is 6.54 Å². The second-order valence-electron chi connectivity index (χ2n) is 5.55. The molecule has 0 aromatic carbocycles. The number of carbonyl (C=O) groups excluding carboxylic acids is 1. The number of amides is 1. The number of hydrazine groups is 1. The van der Waals surface area contributed by atoms with E-state index in [2.05, 4.69) is 32.6 Å². The largest absolute Gasteiger partial charge is 0.487 e. The maximum absolute atomic E-state index is 12.2. The molecule has 7 heteroatoms. The van der Waals surface area contributed by atoms with Gasteiger partial charge in [-0.25, -0.2) is 10.9 Å². The van der Waals surface area contributed by atoms with E-state index in [9.17, 15) is 4.79 Å². The van der Waals surface area contributed by atoms with Crippen LogP contribution in [0.3, 0.4) is 0 Å². The monoisotopic (exact) mass is 332 g/mol. The lowest BCUT2D eigenvalue weighted by atomic mass is 10.0. The lowest BCUT2D eigenvalue weighted by molar-refractivity contribution is -0.123. The van der Waals surface area contributed by atoms with Crippen LogP contribution in [0.25, 0.3) is 0 Å². The smallest absolute Gasteiger partial charge is 0.238 e. The fourth-order valence-corrected chi connectivity index (χ4v) is 3.19. The van der Waals surface area contributed by atoms with Gasteiger partial charge in [-0.15, -0.1) is 0 Å².